The summed E-state index contributed by atoms with van der Waals surface area (Å²) >= 11 is 0. The number of rotatable bonds is 5. The monoisotopic (exact) mass is 275 g/mol. The summed E-state index contributed by atoms with van der Waals surface area (Å²) in [5, 5.41) is 3.53. The number of ether oxygens (including phenoxy) is 1. The van der Waals surface area contributed by atoms with Gasteiger partial charge in [0, 0.05) is 6.04 Å². The molecule has 2 heteroatoms. The zero-order valence-corrected chi connectivity index (χ0v) is 13.5. The van der Waals surface area contributed by atoms with E-state index in [2.05, 4.69) is 51.2 Å². The molecule has 0 fully saturated rings. The minimum atomic E-state index is 0.213. The molecule has 1 aromatic rings. The lowest BCUT2D eigenvalue weighted by atomic mass is 9.87. The van der Waals surface area contributed by atoms with Crippen molar-refractivity contribution in [3.8, 4) is 5.75 Å². The van der Waals surface area contributed by atoms with E-state index in [0.717, 1.165) is 18.9 Å². The van der Waals surface area contributed by atoms with Gasteiger partial charge in [-0.2, -0.15) is 0 Å². The molecule has 1 aliphatic carbocycles. The topological polar surface area (TPSA) is 21.3 Å². The van der Waals surface area contributed by atoms with Crippen LogP contribution in [0.2, 0.25) is 0 Å². The van der Waals surface area contributed by atoms with Crippen molar-refractivity contribution in [3.05, 3.63) is 29.3 Å². The summed E-state index contributed by atoms with van der Waals surface area (Å²) in [6.45, 7) is 10.6. The van der Waals surface area contributed by atoms with E-state index in [0.29, 0.717) is 6.04 Å². The number of fused-ring (bicyclic) bond motifs is 1. The van der Waals surface area contributed by atoms with Crippen LogP contribution in [0.15, 0.2) is 18.2 Å². The third-order valence-electron chi connectivity index (χ3n) is 4.23. The molecule has 0 spiro atoms. The molecule has 1 aromatic carbocycles. The van der Waals surface area contributed by atoms with Gasteiger partial charge in [-0.05, 0) is 60.9 Å². The fourth-order valence-electron chi connectivity index (χ4n) is 2.84. The first-order chi connectivity index (χ1) is 9.50. The lowest BCUT2D eigenvalue weighted by Gasteiger charge is -2.31. The number of aryl methyl sites for hydroxylation is 2. The minimum Gasteiger partial charge on any atom is -0.492 e. The molecule has 20 heavy (non-hydrogen) atoms. The van der Waals surface area contributed by atoms with Crippen molar-refractivity contribution in [3.63, 3.8) is 0 Å². The molecule has 2 nitrogen and oxygen atoms in total. The molecule has 1 atom stereocenters. The Kier molecular flexibility index (Phi) is 5.09. The van der Waals surface area contributed by atoms with Gasteiger partial charge < -0.3 is 10.1 Å². The predicted molar refractivity (Wildman–Crippen MR) is 85.5 cm³/mol. The summed E-state index contributed by atoms with van der Waals surface area (Å²) in [5.41, 5.74) is 3.22. The fraction of sp³-hybridized carbons (Fsp3) is 0.667. The average Bonchev–Trinajstić information content (AvgIpc) is 2.42. The molecule has 0 heterocycles. The highest BCUT2D eigenvalue weighted by atomic mass is 16.5. The summed E-state index contributed by atoms with van der Waals surface area (Å²) in [6, 6.07) is 7.02. The minimum absolute atomic E-state index is 0.213. The van der Waals surface area contributed by atoms with Crippen molar-refractivity contribution >= 4 is 0 Å². The molecule has 0 bridgehead atoms. The quantitative estimate of drug-likeness (QED) is 0.878. The van der Waals surface area contributed by atoms with Crippen molar-refractivity contribution in [1.29, 1.82) is 0 Å². The second kappa shape index (κ2) is 6.62. The summed E-state index contributed by atoms with van der Waals surface area (Å²) in [4.78, 5) is 0. The standard InChI is InChI=1S/C18H29NO/c1-5-19-17(18(2,3)4)13-20-16-11-10-14-8-6-7-9-15(14)12-16/h10-12,17,19H,5-9,13H2,1-4H3. The van der Waals surface area contributed by atoms with Gasteiger partial charge in [0.15, 0.2) is 0 Å². The first-order valence-electron chi connectivity index (χ1n) is 7.98. The molecule has 0 aliphatic heterocycles. The Morgan fingerprint density at radius 2 is 1.85 bits per heavy atom. The van der Waals surface area contributed by atoms with Crippen LogP contribution in [0.25, 0.3) is 0 Å². The summed E-state index contributed by atoms with van der Waals surface area (Å²) in [7, 11) is 0. The van der Waals surface area contributed by atoms with Crippen LogP contribution >= 0.6 is 0 Å². The Morgan fingerprint density at radius 3 is 2.50 bits per heavy atom. The Hall–Kier alpha value is -1.02. The zero-order chi connectivity index (χ0) is 14.6. The van der Waals surface area contributed by atoms with Crippen LogP contribution < -0.4 is 10.1 Å². The van der Waals surface area contributed by atoms with Gasteiger partial charge in [-0.25, -0.2) is 0 Å². The molecule has 0 aromatic heterocycles. The Labute approximate surface area is 123 Å². The second-order valence-electron chi connectivity index (χ2n) is 6.92. The molecule has 112 valence electrons. The Morgan fingerprint density at radius 1 is 1.15 bits per heavy atom. The van der Waals surface area contributed by atoms with Crippen LogP contribution in [0.3, 0.4) is 0 Å². The number of likely N-dealkylation sites (N-methyl/N-ethyl adjacent to an activating group) is 1. The average molecular weight is 275 g/mol. The van der Waals surface area contributed by atoms with Gasteiger partial charge in [-0.3, -0.25) is 0 Å². The van der Waals surface area contributed by atoms with Crippen molar-refractivity contribution in [1.82, 2.24) is 5.32 Å². The lowest BCUT2D eigenvalue weighted by Crippen LogP contribution is -2.44. The molecular formula is C18H29NO. The zero-order valence-electron chi connectivity index (χ0n) is 13.5. The highest BCUT2D eigenvalue weighted by Gasteiger charge is 2.24. The smallest absolute Gasteiger partial charge is 0.119 e. The first kappa shape index (κ1) is 15.4. The lowest BCUT2D eigenvalue weighted by molar-refractivity contribution is 0.176. The van der Waals surface area contributed by atoms with E-state index in [9.17, 15) is 0 Å². The Balaban J connectivity index is 1.99. The van der Waals surface area contributed by atoms with Gasteiger partial charge >= 0.3 is 0 Å². The van der Waals surface area contributed by atoms with Crippen molar-refractivity contribution in [2.75, 3.05) is 13.2 Å². The van der Waals surface area contributed by atoms with E-state index in [1.807, 2.05) is 0 Å². The van der Waals surface area contributed by atoms with E-state index in [4.69, 9.17) is 4.74 Å². The summed E-state index contributed by atoms with van der Waals surface area (Å²) in [6.07, 6.45) is 5.10. The second-order valence-corrected chi connectivity index (χ2v) is 6.92. The number of benzene rings is 1. The molecule has 0 saturated carbocycles. The number of hydrogen-bond acceptors (Lipinski definition) is 2. The van der Waals surface area contributed by atoms with Gasteiger partial charge in [-0.15, -0.1) is 0 Å². The van der Waals surface area contributed by atoms with Gasteiger partial charge in [0.25, 0.3) is 0 Å². The molecule has 1 N–H and O–H groups in total. The SMILES string of the molecule is CCNC(COc1ccc2c(c1)CCCC2)C(C)(C)C. The molecular weight excluding hydrogens is 246 g/mol. The number of nitrogens with one attached hydrogen (secondary N) is 1. The maximum Gasteiger partial charge on any atom is 0.119 e. The maximum absolute atomic E-state index is 6.05. The van der Waals surface area contributed by atoms with Crippen LogP contribution in [0.4, 0.5) is 0 Å². The highest BCUT2D eigenvalue weighted by molar-refractivity contribution is 5.37. The fourth-order valence-corrected chi connectivity index (χ4v) is 2.84. The van der Waals surface area contributed by atoms with Gasteiger partial charge in [0.1, 0.15) is 12.4 Å². The molecule has 1 unspecified atom stereocenters. The van der Waals surface area contributed by atoms with Crippen LogP contribution in [0.5, 0.6) is 5.75 Å². The van der Waals surface area contributed by atoms with Gasteiger partial charge in [-0.1, -0.05) is 33.8 Å². The van der Waals surface area contributed by atoms with E-state index in [-0.39, 0.29) is 5.41 Å². The third kappa shape index (κ3) is 3.99. The predicted octanol–water partition coefficient (Wildman–Crippen LogP) is 3.97. The summed E-state index contributed by atoms with van der Waals surface area (Å²) in [5.74, 6) is 1.03. The number of hydrogen-bond donors (Lipinski definition) is 1. The van der Waals surface area contributed by atoms with Crippen molar-refractivity contribution in [2.45, 2.75) is 59.4 Å². The maximum atomic E-state index is 6.05. The van der Waals surface area contributed by atoms with E-state index in [1.54, 1.807) is 0 Å². The first-order valence-corrected chi connectivity index (χ1v) is 7.98. The molecule has 0 amide bonds. The van der Waals surface area contributed by atoms with E-state index < -0.39 is 0 Å². The van der Waals surface area contributed by atoms with Crippen LogP contribution in [0, 0.1) is 5.41 Å². The van der Waals surface area contributed by atoms with Crippen LogP contribution in [-0.2, 0) is 12.8 Å². The molecule has 2 rings (SSSR count). The van der Waals surface area contributed by atoms with Crippen LogP contribution in [0.1, 0.15) is 51.7 Å². The molecule has 0 saturated heterocycles. The van der Waals surface area contributed by atoms with Gasteiger partial charge in [0.05, 0.1) is 0 Å². The highest BCUT2D eigenvalue weighted by Crippen LogP contribution is 2.26. The largest absolute Gasteiger partial charge is 0.492 e. The van der Waals surface area contributed by atoms with E-state index in [1.165, 1.54) is 36.8 Å². The van der Waals surface area contributed by atoms with Crippen molar-refractivity contribution < 1.29 is 4.74 Å². The normalized spacial score (nSPS) is 16.6. The summed E-state index contributed by atoms with van der Waals surface area (Å²) < 4.78 is 6.05. The van der Waals surface area contributed by atoms with Gasteiger partial charge in [0.2, 0.25) is 0 Å². The molecule has 1 aliphatic rings. The van der Waals surface area contributed by atoms with Crippen LogP contribution in [-0.4, -0.2) is 19.2 Å². The third-order valence-corrected chi connectivity index (χ3v) is 4.23. The Bertz CT molecular complexity index is 434. The van der Waals surface area contributed by atoms with Crippen molar-refractivity contribution in [2.24, 2.45) is 5.41 Å². The van der Waals surface area contributed by atoms with E-state index >= 15 is 0 Å². The molecule has 0 radical (unpaired) electrons.